The fourth-order valence-corrected chi connectivity index (χ4v) is 1.61. The van der Waals surface area contributed by atoms with Gasteiger partial charge in [0, 0.05) is 12.2 Å². The summed E-state index contributed by atoms with van der Waals surface area (Å²) >= 11 is 0. The first kappa shape index (κ1) is 15.9. The van der Waals surface area contributed by atoms with Crippen LogP contribution in [0.4, 0.5) is 10.5 Å². The monoisotopic (exact) mass is 279 g/mol. The van der Waals surface area contributed by atoms with Gasteiger partial charge < -0.3 is 15.7 Å². The van der Waals surface area contributed by atoms with Gasteiger partial charge in [-0.05, 0) is 39.3 Å². The highest BCUT2D eigenvalue weighted by molar-refractivity contribution is 5.90. The first-order valence-electron chi connectivity index (χ1n) is 6.51. The number of aryl methyl sites for hydroxylation is 2. The maximum absolute atomic E-state index is 11.8. The lowest BCUT2D eigenvalue weighted by atomic mass is 9.88. The Bertz CT molecular complexity index is 516. The Morgan fingerprint density at radius 1 is 1.35 bits per heavy atom. The van der Waals surface area contributed by atoms with Gasteiger partial charge in [0.05, 0.1) is 16.8 Å². The molecule has 2 amide bonds. The van der Waals surface area contributed by atoms with E-state index < -0.39 is 17.4 Å². The quantitative estimate of drug-likeness (QED) is 0.771. The van der Waals surface area contributed by atoms with E-state index in [1.807, 2.05) is 6.92 Å². The number of carboxylic acids is 1. The number of hydrogen-bond donors (Lipinski definition) is 3. The number of rotatable bonds is 5. The molecule has 3 N–H and O–H groups in total. The number of nitrogens with zero attached hydrogens (tertiary/aromatic N) is 1. The summed E-state index contributed by atoms with van der Waals surface area (Å²) in [6.45, 7) is 7.13. The molecule has 0 aromatic carbocycles. The summed E-state index contributed by atoms with van der Waals surface area (Å²) in [5, 5.41) is 14.4. The van der Waals surface area contributed by atoms with Crippen molar-refractivity contribution in [1.82, 2.24) is 10.3 Å². The van der Waals surface area contributed by atoms with Crippen molar-refractivity contribution in [3.05, 3.63) is 23.5 Å². The predicted octanol–water partition coefficient (Wildman–Crippen LogP) is 2.32. The molecule has 0 fully saturated rings. The zero-order valence-electron chi connectivity index (χ0n) is 12.3. The fourth-order valence-electron chi connectivity index (χ4n) is 1.61. The number of carboxylic acid groups (broad SMARTS) is 1. The molecule has 1 rings (SSSR count). The summed E-state index contributed by atoms with van der Waals surface area (Å²) in [5.41, 5.74) is 1.24. The summed E-state index contributed by atoms with van der Waals surface area (Å²) in [6, 6.07) is 3.14. The molecule has 0 aliphatic carbocycles. The largest absolute Gasteiger partial charge is 0.481 e. The minimum atomic E-state index is -0.960. The lowest BCUT2D eigenvalue weighted by Crippen LogP contribution is -2.42. The van der Waals surface area contributed by atoms with Crippen molar-refractivity contribution < 1.29 is 14.7 Å². The third kappa shape index (κ3) is 3.94. The SMILES string of the molecule is CCC(C)(CNC(=O)Nc1ccc(C)nc1C)C(=O)O. The van der Waals surface area contributed by atoms with Gasteiger partial charge in [0.25, 0.3) is 0 Å². The lowest BCUT2D eigenvalue weighted by molar-refractivity contribution is -0.147. The Morgan fingerprint density at radius 2 is 2.00 bits per heavy atom. The Labute approximate surface area is 118 Å². The lowest BCUT2D eigenvalue weighted by Gasteiger charge is -2.23. The number of nitrogens with one attached hydrogen (secondary N) is 2. The van der Waals surface area contributed by atoms with E-state index in [4.69, 9.17) is 5.11 Å². The van der Waals surface area contributed by atoms with Gasteiger partial charge >= 0.3 is 12.0 Å². The molecule has 0 spiro atoms. The van der Waals surface area contributed by atoms with E-state index >= 15 is 0 Å². The molecule has 0 radical (unpaired) electrons. The molecule has 1 aromatic rings. The number of pyridine rings is 1. The third-order valence-corrected chi connectivity index (χ3v) is 3.41. The van der Waals surface area contributed by atoms with Crippen LogP contribution in [0.2, 0.25) is 0 Å². The van der Waals surface area contributed by atoms with Crippen molar-refractivity contribution in [2.75, 3.05) is 11.9 Å². The fraction of sp³-hybridized carbons (Fsp3) is 0.500. The Kier molecular flexibility index (Phi) is 5.07. The number of carbonyl (C=O) groups is 2. The van der Waals surface area contributed by atoms with Crippen LogP contribution in [-0.4, -0.2) is 28.6 Å². The zero-order chi connectivity index (χ0) is 15.3. The Balaban J connectivity index is 2.62. The van der Waals surface area contributed by atoms with Crippen molar-refractivity contribution in [3.63, 3.8) is 0 Å². The zero-order valence-corrected chi connectivity index (χ0v) is 12.3. The predicted molar refractivity (Wildman–Crippen MR) is 76.8 cm³/mol. The molecule has 1 aromatic heterocycles. The van der Waals surface area contributed by atoms with Crippen LogP contribution in [-0.2, 0) is 4.79 Å². The molecule has 20 heavy (non-hydrogen) atoms. The molecule has 6 heteroatoms. The van der Waals surface area contributed by atoms with Crippen molar-refractivity contribution in [2.24, 2.45) is 5.41 Å². The van der Waals surface area contributed by atoms with Crippen LogP contribution in [0.5, 0.6) is 0 Å². The van der Waals surface area contributed by atoms with Gasteiger partial charge in [0.2, 0.25) is 0 Å². The van der Waals surface area contributed by atoms with Crippen molar-refractivity contribution >= 4 is 17.7 Å². The average molecular weight is 279 g/mol. The highest BCUT2D eigenvalue weighted by Crippen LogP contribution is 2.20. The summed E-state index contributed by atoms with van der Waals surface area (Å²) < 4.78 is 0. The molecule has 0 aliphatic rings. The summed E-state index contributed by atoms with van der Waals surface area (Å²) in [7, 11) is 0. The van der Waals surface area contributed by atoms with Crippen LogP contribution in [0.1, 0.15) is 31.7 Å². The minimum absolute atomic E-state index is 0.0724. The van der Waals surface area contributed by atoms with E-state index in [0.717, 1.165) is 11.4 Å². The first-order chi connectivity index (χ1) is 9.28. The summed E-state index contributed by atoms with van der Waals surface area (Å²) in [4.78, 5) is 27.2. The normalized spacial score (nSPS) is 13.4. The third-order valence-electron chi connectivity index (χ3n) is 3.41. The Hall–Kier alpha value is -2.11. The maximum Gasteiger partial charge on any atom is 0.319 e. The molecule has 0 saturated carbocycles. The standard InChI is InChI=1S/C14H21N3O3/c1-5-14(4,12(18)19)8-15-13(20)17-11-7-6-9(2)16-10(11)3/h6-7H,5,8H2,1-4H3,(H,18,19)(H2,15,17,20). The number of urea groups is 1. The van der Waals surface area contributed by atoms with Crippen molar-refractivity contribution in [3.8, 4) is 0 Å². The Morgan fingerprint density at radius 3 is 2.50 bits per heavy atom. The topological polar surface area (TPSA) is 91.3 Å². The molecule has 1 heterocycles. The second kappa shape index (κ2) is 6.36. The van der Waals surface area contributed by atoms with Gasteiger partial charge in [-0.3, -0.25) is 9.78 Å². The average Bonchev–Trinajstić information content (AvgIpc) is 2.39. The van der Waals surface area contributed by atoms with Crippen LogP contribution in [0.15, 0.2) is 12.1 Å². The van der Waals surface area contributed by atoms with E-state index in [-0.39, 0.29) is 6.54 Å². The van der Waals surface area contributed by atoms with Gasteiger partial charge in [0.15, 0.2) is 0 Å². The van der Waals surface area contributed by atoms with Crippen molar-refractivity contribution in [2.45, 2.75) is 34.1 Å². The molecule has 110 valence electrons. The van der Waals surface area contributed by atoms with Gasteiger partial charge in [-0.2, -0.15) is 0 Å². The van der Waals surface area contributed by atoms with Gasteiger partial charge in [-0.25, -0.2) is 4.79 Å². The second-order valence-electron chi connectivity index (χ2n) is 5.11. The van der Waals surface area contributed by atoms with Crippen LogP contribution in [0.25, 0.3) is 0 Å². The molecular formula is C14H21N3O3. The van der Waals surface area contributed by atoms with Crippen molar-refractivity contribution in [1.29, 1.82) is 0 Å². The second-order valence-corrected chi connectivity index (χ2v) is 5.11. The molecule has 0 bridgehead atoms. The minimum Gasteiger partial charge on any atom is -0.481 e. The van der Waals surface area contributed by atoms with Gasteiger partial charge in [-0.15, -0.1) is 0 Å². The van der Waals surface area contributed by atoms with Gasteiger partial charge in [-0.1, -0.05) is 6.92 Å². The van der Waals surface area contributed by atoms with Crippen LogP contribution in [0.3, 0.4) is 0 Å². The van der Waals surface area contributed by atoms with Crippen LogP contribution in [0, 0.1) is 19.3 Å². The molecule has 6 nitrogen and oxygen atoms in total. The molecule has 1 unspecified atom stereocenters. The van der Waals surface area contributed by atoms with E-state index in [1.54, 1.807) is 32.9 Å². The molecule has 1 atom stereocenters. The number of aliphatic carboxylic acids is 1. The maximum atomic E-state index is 11.8. The van der Waals surface area contributed by atoms with E-state index in [9.17, 15) is 9.59 Å². The van der Waals surface area contributed by atoms with Crippen LogP contribution >= 0.6 is 0 Å². The van der Waals surface area contributed by atoms with Crippen LogP contribution < -0.4 is 10.6 Å². The summed E-state index contributed by atoms with van der Waals surface area (Å²) in [5.74, 6) is -0.923. The number of aromatic nitrogens is 1. The number of carbonyl (C=O) groups excluding carboxylic acids is 1. The summed E-state index contributed by atoms with van der Waals surface area (Å²) in [6.07, 6.45) is 0.438. The molecule has 0 saturated heterocycles. The van der Waals surface area contributed by atoms with E-state index in [2.05, 4.69) is 15.6 Å². The highest BCUT2D eigenvalue weighted by atomic mass is 16.4. The number of anilines is 1. The first-order valence-corrected chi connectivity index (χ1v) is 6.51. The smallest absolute Gasteiger partial charge is 0.319 e. The number of hydrogen-bond acceptors (Lipinski definition) is 3. The number of amides is 2. The highest BCUT2D eigenvalue weighted by Gasteiger charge is 2.31. The van der Waals surface area contributed by atoms with E-state index in [0.29, 0.717) is 12.1 Å². The molecule has 0 aliphatic heterocycles. The van der Waals surface area contributed by atoms with Gasteiger partial charge in [0.1, 0.15) is 0 Å². The van der Waals surface area contributed by atoms with E-state index in [1.165, 1.54) is 0 Å². The molecular weight excluding hydrogens is 258 g/mol.